The van der Waals surface area contributed by atoms with Crippen LogP contribution in [0.25, 0.3) is 0 Å². The minimum atomic E-state index is 0.273. The number of ketones is 1. The first kappa shape index (κ1) is 14.9. The average molecular weight is 220 g/mol. The molecule has 0 saturated carbocycles. The first-order chi connectivity index (χ1) is 7.77. The zero-order valence-corrected chi connectivity index (χ0v) is 10.6. The van der Waals surface area contributed by atoms with Crippen molar-refractivity contribution in [3.05, 3.63) is 36.5 Å². The van der Waals surface area contributed by atoms with E-state index < -0.39 is 0 Å². The second-order valence-electron chi connectivity index (χ2n) is 3.91. The molecule has 0 radical (unpaired) electrons. The highest BCUT2D eigenvalue weighted by atomic mass is 16.1. The van der Waals surface area contributed by atoms with Crippen LogP contribution in [0.2, 0.25) is 0 Å². The molecule has 0 aromatic heterocycles. The zero-order valence-electron chi connectivity index (χ0n) is 10.6. The second-order valence-corrected chi connectivity index (χ2v) is 3.91. The quantitative estimate of drug-likeness (QED) is 0.315. The summed E-state index contributed by atoms with van der Waals surface area (Å²) in [5.41, 5.74) is 0. The predicted octanol–water partition coefficient (Wildman–Crippen LogP) is 4.60. The fourth-order valence-electron chi connectivity index (χ4n) is 1.27. The van der Waals surface area contributed by atoms with Gasteiger partial charge in [-0.15, -0.1) is 0 Å². The van der Waals surface area contributed by atoms with E-state index in [2.05, 4.69) is 43.4 Å². The molecule has 0 atom stereocenters. The van der Waals surface area contributed by atoms with E-state index in [4.69, 9.17) is 0 Å². The summed E-state index contributed by atoms with van der Waals surface area (Å²) in [5.74, 6) is 0.273. The maximum atomic E-state index is 10.7. The second kappa shape index (κ2) is 12.0. The third-order valence-corrected chi connectivity index (χ3v) is 2.19. The number of rotatable bonds is 9. The fraction of sp³-hybridized carbons (Fsp3) is 0.533. The molecule has 0 aromatic rings. The molecule has 0 fully saturated rings. The van der Waals surface area contributed by atoms with E-state index in [1.54, 1.807) is 6.92 Å². The molecule has 0 unspecified atom stereocenters. The van der Waals surface area contributed by atoms with Crippen LogP contribution < -0.4 is 0 Å². The van der Waals surface area contributed by atoms with E-state index in [1.165, 1.54) is 6.42 Å². The van der Waals surface area contributed by atoms with E-state index >= 15 is 0 Å². The van der Waals surface area contributed by atoms with Gasteiger partial charge in [0.15, 0.2) is 0 Å². The number of allylic oxidation sites excluding steroid dienone is 6. The number of Topliss-reactive ketones (excluding diaryl/α,β-unsaturated/α-hetero) is 1. The van der Waals surface area contributed by atoms with Gasteiger partial charge in [0.2, 0.25) is 0 Å². The molecule has 0 aliphatic heterocycles. The van der Waals surface area contributed by atoms with E-state index in [0.29, 0.717) is 6.42 Å². The van der Waals surface area contributed by atoms with Crippen LogP contribution in [0.15, 0.2) is 36.5 Å². The molecule has 0 aliphatic rings. The molecule has 0 amide bonds. The highest BCUT2D eigenvalue weighted by molar-refractivity contribution is 5.75. The molecule has 90 valence electrons. The molecule has 0 aliphatic carbocycles. The minimum Gasteiger partial charge on any atom is -0.300 e. The van der Waals surface area contributed by atoms with E-state index in [-0.39, 0.29) is 5.78 Å². The topological polar surface area (TPSA) is 17.1 Å². The Balaban J connectivity index is 3.29. The molecule has 0 spiro atoms. The summed E-state index contributed by atoms with van der Waals surface area (Å²) in [4.78, 5) is 10.7. The monoisotopic (exact) mass is 220 g/mol. The zero-order chi connectivity index (χ0) is 12.1. The van der Waals surface area contributed by atoms with E-state index in [9.17, 15) is 4.79 Å². The normalized spacial score (nSPS) is 12.1. The molecule has 0 rings (SSSR count). The Morgan fingerprint density at radius 3 is 2.25 bits per heavy atom. The predicted molar refractivity (Wildman–Crippen MR) is 71.5 cm³/mol. The molecule has 1 heteroatoms. The number of unbranched alkanes of at least 4 members (excludes halogenated alkanes) is 2. The summed E-state index contributed by atoms with van der Waals surface area (Å²) >= 11 is 0. The van der Waals surface area contributed by atoms with Crippen molar-refractivity contribution in [1.82, 2.24) is 0 Å². The molecule has 0 N–H and O–H groups in total. The van der Waals surface area contributed by atoms with Gasteiger partial charge in [0, 0.05) is 6.42 Å². The molecular formula is C15H24O. The van der Waals surface area contributed by atoms with Crippen molar-refractivity contribution in [1.29, 1.82) is 0 Å². The van der Waals surface area contributed by atoms with Crippen molar-refractivity contribution >= 4 is 5.78 Å². The van der Waals surface area contributed by atoms with Crippen molar-refractivity contribution in [2.45, 2.75) is 52.4 Å². The Morgan fingerprint density at radius 1 is 0.938 bits per heavy atom. The van der Waals surface area contributed by atoms with Gasteiger partial charge in [0.25, 0.3) is 0 Å². The number of hydrogen-bond acceptors (Lipinski definition) is 1. The summed E-state index contributed by atoms with van der Waals surface area (Å²) in [5, 5.41) is 0. The van der Waals surface area contributed by atoms with Crippen LogP contribution in [-0.2, 0) is 4.79 Å². The standard InChI is InChI=1S/C15H24O/c1-3-4-5-6-7-8-9-10-11-12-13-14-15(2)16/h4-7,11-12H,3,8-10,13-14H2,1-2H3/b5-4+,7-6+,12-11+. The van der Waals surface area contributed by atoms with Crippen LogP contribution in [0, 0.1) is 0 Å². The maximum absolute atomic E-state index is 10.7. The Labute approximate surface area is 99.9 Å². The van der Waals surface area contributed by atoms with Crippen molar-refractivity contribution in [3.8, 4) is 0 Å². The van der Waals surface area contributed by atoms with Gasteiger partial charge in [-0.05, 0) is 39.0 Å². The third kappa shape index (κ3) is 12.9. The summed E-state index contributed by atoms with van der Waals surface area (Å²) in [6.07, 6.45) is 19.0. The Hall–Kier alpha value is -1.11. The van der Waals surface area contributed by atoms with Crippen molar-refractivity contribution in [3.63, 3.8) is 0 Å². The van der Waals surface area contributed by atoms with Gasteiger partial charge >= 0.3 is 0 Å². The summed E-state index contributed by atoms with van der Waals surface area (Å²) < 4.78 is 0. The van der Waals surface area contributed by atoms with Gasteiger partial charge in [-0.1, -0.05) is 43.4 Å². The molecular weight excluding hydrogens is 196 g/mol. The van der Waals surface area contributed by atoms with Crippen LogP contribution in [-0.4, -0.2) is 5.78 Å². The summed E-state index contributed by atoms with van der Waals surface area (Å²) in [6.45, 7) is 3.78. The molecule has 0 heterocycles. The smallest absolute Gasteiger partial charge is 0.130 e. The van der Waals surface area contributed by atoms with E-state index in [0.717, 1.165) is 25.7 Å². The van der Waals surface area contributed by atoms with Gasteiger partial charge in [-0.3, -0.25) is 0 Å². The average Bonchev–Trinajstić information content (AvgIpc) is 2.25. The lowest BCUT2D eigenvalue weighted by Gasteiger charge is -1.91. The first-order valence-corrected chi connectivity index (χ1v) is 6.23. The van der Waals surface area contributed by atoms with E-state index in [1.807, 2.05) is 0 Å². The van der Waals surface area contributed by atoms with Gasteiger partial charge in [-0.2, -0.15) is 0 Å². The molecule has 1 nitrogen and oxygen atoms in total. The largest absolute Gasteiger partial charge is 0.300 e. The van der Waals surface area contributed by atoms with Gasteiger partial charge in [-0.25, -0.2) is 0 Å². The highest BCUT2D eigenvalue weighted by Gasteiger charge is 1.87. The summed E-state index contributed by atoms with van der Waals surface area (Å²) in [7, 11) is 0. The highest BCUT2D eigenvalue weighted by Crippen LogP contribution is 2.00. The lowest BCUT2D eigenvalue weighted by atomic mass is 10.2. The SMILES string of the molecule is CC/C=C/C=C/CCC/C=C/CCC(C)=O. The third-order valence-electron chi connectivity index (χ3n) is 2.19. The molecule has 0 bridgehead atoms. The number of carbonyl (C=O) groups excluding carboxylic acids is 1. The van der Waals surface area contributed by atoms with Gasteiger partial charge in [0.1, 0.15) is 5.78 Å². The number of carbonyl (C=O) groups is 1. The molecule has 16 heavy (non-hydrogen) atoms. The van der Waals surface area contributed by atoms with Crippen LogP contribution in [0.5, 0.6) is 0 Å². The van der Waals surface area contributed by atoms with Crippen molar-refractivity contribution < 1.29 is 4.79 Å². The van der Waals surface area contributed by atoms with Crippen LogP contribution in [0.1, 0.15) is 52.4 Å². The minimum absolute atomic E-state index is 0.273. The Morgan fingerprint density at radius 2 is 1.56 bits per heavy atom. The maximum Gasteiger partial charge on any atom is 0.130 e. The Bertz CT molecular complexity index is 246. The first-order valence-electron chi connectivity index (χ1n) is 6.23. The molecule has 0 aromatic carbocycles. The van der Waals surface area contributed by atoms with Crippen LogP contribution in [0.4, 0.5) is 0 Å². The van der Waals surface area contributed by atoms with Crippen LogP contribution >= 0.6 is 0 Å². The van der Waals surface area contributed by atoms with Crippen molar-refractivity contribution in [2.24, 2.45) is 0 Å². The van der Waals surface area contributed by atoms with Crippen molar-refractivity contribution in [2.75, 3.05) is 0 Å². The fourth-order valence-corrected chi connectivity index (χ4v) is 1.27. The summed E-state index contributed by atoms with van der Waals surface area (Å²) in [6, 6.07) is 0. The Kier molecular flexibility index (Phi) is 11.1. The number of hydrogen-bond donors (Lipinski definition) is 0. The molecule has 0 saturated heterocycles. The van der Waals surface area contributed by atoms with Gasteiger partial charge < -0.3 is 4.79 Å². The van der Waals surface area contributed by atoms with Gasteiger partial charge in [0.05, 0.1) is 0 Å². The van der Waals surface area contributed by atoms with Crippen LogP contribution in [0.3, 0.4) is 0 Å². The lowest BCUT2D eigenvalue weighted by Crippen LogP contribution is -1.86. The lowest BCUT2D eigenvalue weighted by molar-refractivity contribution is -0.116.